The van der Waals surface area contributed by atoms with Crippen molar-refractivity contribution in [2.24, 2.45) is 0 Å². The molecule has 3 aromatic rings. The molecular weight excluding hydrogens is 359 g/mol. The zero-order valence-corrected chi connectivity index (χ0v) is 12.9. The summed E-state index contributed by atoms with van der Waals surface area (Å²) >= 11 is 9.49. The first-order chi connectivity index (χ1) is 10.1. The Morgan fingerprint density at radius 1 is 1.29 bits per heavy atom. The van der Waals surface area contributed by atoms with Crippen LogP contribution in [0.4, 0.5) is 10.2 Å². The second-order valence-electron chi connectivity index (χ2n) is 4.34. The quantitative estimate of drug-likeness (QED) is 0.743. The molecular formula is C14H9BrClFN4. The summed E-state index contributed by atoms with van der Waals surface area (Å²) in [7, 11) is 0. The molecule has 0 saturated carbocycles. The van der Waals surface area contributed by atoms with Crippen LogP contribution in [-0.2, 0) is 0 Å². The molecule has 0 aliphatic carbocycles. The van der Waals surface area contributed by atoms with E-state index in [0.717, 1.165) is 11.3 Å². The molecule has 0 aliphatic rings. The third kappa shape index (κ3) is 2.64. The summed E-state index contributed by atoms with van der Waals surface area (Å²) in [5.74, 6) is -0.00466. The lowest BCUT2D eigenvalue weighted by Crippen LogP contribution is -1.99. The van der Waals surface area contributed by atoms with Gasteiger partial charge < -0.3 is 5.73 Å². The normalized spacial score (nSPS) is 10.8. The van der Waals surface area contributed by atoms with E-state index in [1.54, 1.807) is 29.4 Å². The van der Waals surface area contributed by atoms with Gasteiger partial charge in [-0.3, -0.25) is 4.57 Å². The molecule has 0 aliphatic heterocycles. The number of nitrogens with two attached hydrogens (primary N) is 1. The van der Waals surface area contributed by atoms with E-state index in [4.69, 9.17) is 17.3 Å². The summed E-state index contributed by atoms with van der Waals surface area (Å²) in [5.41, 5.74) is 7.94. The van der Waals surface area contributed by atoms with E-state index in [0.29, 0.717) is 16.0 Å². The zero-order chi connectivity index (χ0) is 15.0. The highest BCUT2D eigenvalue weighted by Gasteiger charge is 2.14. The van der Waals surface area contributed by atoms with Crippen LogP contribution in [0.25, 0.3) is 16.9 Å². The molecule has 3 rings (SSSR count). The second kappa shape index (κ2) is 5.46. The zero-order valence-electron chi connectivity index (χ0n) is 10.6. The SMILES string of the molecule is Nc1cc(-c2cncn2-c2c(Cl)cc(F)cc2Br)ccn1. The lowest BCUT2D eigenvalue weighted by atomic mass is 10.2. The fourth-order valence-electron chi connectivity index (χ4n) is 2.06. The van der Waals surface area contributed by atoms with Gasteiger partial charge in [-0.25, -0.2) is 14.4 Å². The Morgan fingerprint density at radius 3 is 2.81 bits per heavy atom. The maximum absolute atomic E-state index is 13.4. The number of halogens is 3. The highest BCUT2D eigenvalue weighted by Crippen LogP contribution is 2.33. The average molecular weight is 368 g/mol. The van der Waals surface area contributed by atoms with Crippen molar-refractivity contribution < 1.29 is 4.39 Å². The molecule has 4 nitrogen and oxygen atoms in total. The monoisotopic (exact) mass is 366 g/mol. The number of rotatable bonds is 2. The van der Waals surface area contributed by atoms with Crippen LogP contribution < -0.4 is 5.73 Å². The molecule has 0 unspecified atom stereocenters. The van der Waals surface area contributed by atoms with Crippen LogP contribution in [0.5, 0.6) is 0 Å². The Kier molecular flexibility index (Phi) is 3.65. The molecule has 0 spiro atoms. The molecule has 0 radical (unpaired) electrons. The van der Waals surface area contributed by atoms with Crippen molar-refractivity contribution in [2.75, 3.05) is 5.73 Å². The molecule has 0 atom stereocenters. The van der Waals surface area contributed by atoms with E-state index in [2.05, 4.69) is 25.9 Å². The van der Waals surface area contributed by atoms with Gasteiger partial charge in [0.1, 0.15) is 11.6 Å². The molecule has 0 fully saturated rings. The predicted molar refractivity (Wildman–Crippen MR) is 83.9 cm³/mol. The van der Waals surface area contributed by atoms with Crippen LogP contribution in [0.15, 0.2) is 47.5 Å². The number of imidazole rings is 1. The topological polar surface area (TPSA) is 56.7 Å². The summed E-state index contributed by atoms with van der Waals surface area (Å²) in [6.45, 7) is 0. The Labute approximate surface area is 133 Å². The van der Waals surface area contributed by atoms with E-state index in [1.807, 2.05) is 6.07 Å². The van der Waals surface area contributed by atoms with E-state index < -0.39 is 5.82 Å². The Morgan fingerprint density at radius 2 is 2.10 bits per heavy atom. The predicted octanol–water partition coefficient (Wildman–Crippen LogP) is 4.07. The number of hydrogen-bond acceptors (Lipinski definition) is 3. The summed E-state index contributed by atoms with van der Waals surface area (Å²) < 4.78 is 15.7. The molecule has 0 amide bonds. The highest BCUT2D eigenvalue weighted by molar-refractivity contribution is 9.10. The minimum atomic E-state index is -0.412. The van der Waals surface area contributed by atoms with Crippen molar-refractivity contribution >= 4 is 33.3 Å². The van der Waals surface area contributed by atoms with Crippen molar-refractivity contribution in [3.05, 3.63) is 58.3 Å². The minimum absolute atomic E-state index is 0.281. The second-order valence-corrected chi connectivity index (χ2v) is 5.60. The van der Waals surface area contributed by atoms with Crippen LogP contribution in [0.2, 0.25) is 5.02 Å². The average Bonchev–Trinajstić information content (AvgIpc) is 2.86. The molecule has 7 heteroatoms. The third-order valence-corrected chi connectivity index (χ3v) is 3.83. The van der Waals surface area contributed by atoms with Gasteiger partial charge in [0, 0.05) is 16.2 Å². The van der Waals surface area contributed by atoms with Crippen molar-refractivity contribution in [3.63, 3.8) is 0 Å². The van der Waals surface area contributed by atoms with Gasteiger partial charge in [0.2, 0.25) is 0 Å². The summed E-state index contributed by atoms with van der Waals surface area (Å²) in [4.78, 5) is 8.10. The van der Waals surface area contributed by atoms with Gasteiger partial charge in [0.25, 0.3) is 0 Å². The molecule has 1 aromatic carbocycles. The maximum atomic E-state index is 13.4. The molecule has 21 heavy (non-hydrogen) atoms. The van der Waals surface area contributed by atoms with Crippen LogP contribution in [0.3, 0.4) is 0 Å². The minimum Gasteiger partial charge on any atom is -0.384 e. The summed E-state index contributed by atoms with van der Waals surface area (Å²) in [5, 5.41) is 0.281. The molecule has 0 saturated heterocycles. The number of benzene rings is 1. The van der Waals surface area contributed by atoms with Crippen LogP contribution >= 0.6 is 27.5 Å². The molecule has 0 bridgehead atoms. The first-order valence-electron chi connectivity index (χ1n) is 5.95. The smallest absolute Gasteiger partial charge is 0.125 e. The van der Waals surface area contributed by atoms with Gasteiger partial charge >= 0.3 is 0 Å². The largest absolute Gasteiger partial charge is 0.384 e. The number of pyridine rings is 1. The van der Waals surface area contributed by atoms with E-state index in [1.165, 1.54) is 12.1 Å². The summed E-state index contributed by atoms with van der Waals surface area (Å²) in [6.07, 6.45) is 4.90. The molecule has 2 aromatic heterocycles. The fourth-order valence-corrected chi connectivity index (χ4v) is 3.09. The number of nitrogen functional groups attached to an aromatic ring is 1. The van der Waals surface area contributed by atoms with Gasteiger partial charge in [0.05, 0.1) is 28.9 Å². The Balaban J connectivity index is 2.21. The van der Waals surface area contributed by atoms with E-state index in [9.17, 15) is 4.39 Å². The first kappa shape index (κ1) is 14.0. The van der Waals surface area contributed by atoms with Crippen LogP contribution in [0, 0.1) is 5.82 Å². The summed E-state index contributed by atoms with van der Waals surface area (Å²) in [6, 6.07) is 6.16. The Hall–Kier alpha value is -1.92. The van der Waals surface area contributed by atoms with Gasteiger partial charge in [-0.15, -0.1) is 0 Å². The third-order valence-electron chi connectivity index (χ3n) is 2.94. The van der Waals surface area contributed by atoms with Gasteiger partial charge in [-0.1, -0.05) is 11.6 Å². The lowest BCUT2D eigenvalue weighted by molar-refractivity contribution is 0.626. The molecule has 106 valence electrons. The number of nitrogens with zero attached hydrogens (tertiary/aromatic N) is 3. The van der Waals surface area contributed by atoms with Crippen molar-refractivity contribution in [1.29, 1.82) is 0 Å². The fraction of sp³-hybridized carbons (Fsp3) is 0. The number of anilines is 1. The molecule has 2 N–H and O–H groups in total. The van der Waals surface area contributed by atoms with E-state index in [-0.39, 0.29) is 5.02 Å². The van der Waals surface area contributed by atoms with Crippen LogP contribution in [-0.4, -0.2) is 14.5 Å². The van der Waals surface area contributed by atoms with Gasteiger partial charge in [-0.05, 0) is 40.2 Å². The highest BCUT2D eigenvalue weighted by atomic mass is 79.9. The van der Waals surface area contributed by atoms with Crippen LogP contribution in [0.1, 0.15) is 0 Å². The van der Waals surface area contributed by atoms with Crippen molar-refractivity contribution in [1.82, 2.24) is 14.5 Å². The van der Waals surface area contributed by atoms with Gasteiger partial charge in [-0.2, -0.15) is 0 Å². The standard InChI is InChI=1S/C14H9BrClFN4/c15-10-4-9(17)5-11(16)14(10)21-7-19-6-12(21)8-1-2-20-13(18)3-8/h1-7H,(H2,18,20). The van der Waals surface area contributed by atoms with Crippen molar-refractivity contribution in [2.45, 2.75) is 0 Å². The number of aromatic nitrogens is 3. The number of hydrogen-bond donors (Lipinski definition) is 1. The first-order valence-corrected chi connectivity index (χ1v) is 7.12. The van der Waals surface area contributed by atoms with Crippen molar-refractivity contribution in [3.8, 4) is 16.9 Å². The lowest BCUT2D eigenvalue weighted by Gasteiger charge is -2.12. The van der Waals surface area contributed by atoms with E-state index >= 15 is 0 Å². The maximum Gasteiger partial charge on any atom is 0.125 e. The Bertz CT molecular complexity index is 795. The van der Waals surface area contributed by atoms with Gasteiger partial charge in [0.15, 0.2) is 0 Å². The molecule has 2 heterocycles.